The summed E-state index contributed by atoms with van der Waals surface area (Å²) in [5.41, 5.74) is 6.34. The van der Waals surface area contributed by atoms with E-state index in [1.807, 2.05) is 31.3 Å². The molecule has 0 spiro atoms. The summed E-state index contributed by atoms with van der Waals surface area (Å²) >= 11 is 6.61. The largest absolute Gasteiger partial charge is 0.348 e. The Bertz CT molecular complexity index is 1260. The Hall–Kier alpha value is -3.25. The molecular weight excluding hydrogens is 412 g/mol. The number of carbonyl (C=O) groups is 2. The smallest absolute Gasteiger partial charge is 0.246 e. The van der Waals surface area contributed by atoms with Crippen molar-refractivity contribution >= 4 is 45.7 Å². The van der Waals surface area contributed by atoms with Gasteiger partial charge in [0.25, 0.3) is 0 Å². The van der Waals surface area contributed by atoms with Gasteiger partial charge >= 0.3 is 0 Å². The first-order chi connectivity index (χ1) is 14.9. The van der Waals surface area contributed by atoms with Gasteiger partial charge in [0.2, 0.25) is 11.8 Å². The van der Waals surface area contributed by atoms with Crippen molar-refractivity contribution in [3.05, 3.63) is 59.8 Å². The molecule has 3 aromatic rings. The lowest BCUT2D eigenvalue weighted by Gasteiger charge is -2.38. The number of benzene rings is 2. The SMILES string of the molecule is C=CC(=O)N1CC(NC(=O)Cn2c(C)c3c4c(c(Cl)ccc42)N(C)c2ccccc2-3)C1. The van der Waals surface area contributed by atoms with Gasteiger partial charge in [-0.05, 0) is 31.2 Å². The van der Waals surface area contributed by atoms with Crippen LogP contribution in [0.4, 0.5) is 11.4 Å². The first-order valence-electron chi connectivity index (χ1n) is 10.3. The number of hydrogen-bond acceptors (Lipinski definition) is 3. The average Bonchev–Trinajstić information content (AvgIpc) is 3.00. The zero-order valence-electron chi connectivity index (χ0n) is 17.5. The summed E-state index contributed by atoms with van der Waals surface area (Å²) in [6.45, 7) is 6.80. The highest BCUT2D eigenvalue weighted by atomic mass is 35.5. The molecule has 1 saturated heterocycles. The standard InChI is InChI=1S/C24H23ClN4O2/c1-4-21(31)28-11-15(12-28)26-20(30)13-29-14(2)22-16-7-5-6-8-18(16)27(3)24-17(25)9-10-19(29)23(22)24/h4-10,15H,1,11-13H2,2-3H3,(H,26,30). The van der Waals surface area contributed by atoms with Gasteiger partial charge in [0.05, 0.1) is 22.3 Å². The second kappa shape index (κ2) is 7.17. The molecule has 158 valence electrons. The molecule has 0 atom stereocenters. The molecule has 2 amide bonds. The Labute approximate surface area is 185 Å². The van der Waals surface area contributed by atoms with E-state index in [9.17, 15) is 9.59 Å². The number of nitrogens with zero attached hydrogens (tertiary/aromatic N) is 3. The zero-order valence-corrected chi connectivity index (χ0v) is 18.2. The Morgan fingerprint density at radius 3 is 2.71 bits per heavy atom. The molecule has 2 aromatic carbocycles. The van der Waals surface area contributed by atoms with Gasteiger partial charge < -0.3 is 19.7 Å². The molecule has 5 rings (SSSR count). The number of carbonyl (C=O) groups excluding carboxylic acids is 2. The van der Waals surface area contributed by atoms with Crippen LogP contribution < -0.4 is 10.2 Å². The Morgan fingerprint density at radius 1 is 1.23 bits per heavy atom. The summed E-state index contributed by atoms with van der Waals surface area (Å²) in [6, 6.07) is 12.1. The molecule has 7 heteroatoms. The van der Waals surface area contributed by atoms with Gasteiger partial charge in [0.1, 0.15) is 6.54 Å². The number of fused-ring (bicyclic) bond motifs is 2. The highest BCUT2D eigenvalue weighted by Gasteiger charge is 2.32. The van der Waals surface area contributed by atoms with Gasteiger partial charge in [-0.3, -0.25) is 9.59 Å². The summed E-state index contributed by atoms with van der Waals surface area (Å²) < 4.78 is 2.06. The fourth-order valence-corrected chi connectivity index (χ4v) is 5.06. The van der Waals surface area contributed by atoms with E-state index >= 15 is 0 Å². The molecule has 0 bridgehead atoms. The van der Waals surface area contributed by atoms with Crippen LogP contribution in [0.25, 0.3) is 22.0 Å². The summed E-state index contributed by atoms with van der Waals surface area (Å²) in [6.07, 6.45) is 1.30. The van der Waals surface area contributed by atoms with Gasteiger partial charge in [-0.2, -0.15) is 0 Å². The number of likely N-dealkylation sites (tertiary alicyclic amines) is 1. The molecule has 0 radical (unpaired) electrons. The maximum absolute atomic E-state index is 12.8. The summed E-state index contributed by atoms with van der Waals surface area (Å²) in [4.78, 5) is 28.2. The molecule has 3 heterocycles. The van der Waals surface area contributed by atoms with E-state index in [2.05, 4.69) is 40.4 Å². The van der Waals surface area contributed by atoms with Crippen LogP contribution in [-0.4, -0.2) is 47.5 Å². The van der Waals surface area contributed by atoms with Crippen LogP contribution in [0.5, 0.6) is 0 Å². The molecule has 1 fully saturated rings. The van der Waals surface area contributed by atoms with Crippen LogP contribution in [0.1, 0.15) is 5.69 Å². The Kier molecular flexibility index (Phi) is 4.55. The van der Waals surface area contributed by atoms with Gasteiger partial charge in [-0.15, -0.1) is 0 Å². The topological polar surface area (TPSA) is 57.6 Å². The van der Waals surface area contributed by atoms with Crippen LogP contribution in [0.3, 0.4) is 0 Å². The van der Waals surface area contributed by atoms with Crippen molar-refractivity contribution in [2.75, 3.05) is 25.0 Å². The normalized spacial score (nSPS) is 14.9. The van der Waals surface area contributed by atoms with Crippen LogP contribution in [-0.2, 0) is 16.1 Å². The molecule has 0 aliphatic carbocycles. The molecule has 2 aliphatic heterocycles. The lowest BCUT2D eigenvalue weighted by Crippen LogP contribution is -2.61. The third-order valence-corrected chi connectivity index (χ3v) is 6.62. The van der Waals surface area contributed by atoms with Gasteiger partial charge in [0.15, 0.2) is 0 Å². The fraction of sp³-hybridized carbons (Fsp3) is 0.250. The van der Waals surface area contributed by atoms with E-state index in [0.29, 0.717) is 18.1 Å². The minimum absolute atomic E-state index is 0.0226. The second-order valence-corrected chi connectivity index (χ2v) is 8.53. The molecule has 1 aromatic heterocycles. The van der Waals surface area contributed by atoms with E-state index in [1.54, 1.807) is 4.90 Å². The number of halogens is 1. The van der Waals surface area contributed by atoms with Gasteiger partial charge in [-0.1, -0.05) is 36.4 Å². The Balaban J connectivity index is 1.50. The molecule has 0 unspecified atom stereocenters. The highest BCUT2D eigenvalue weighted by molar-refractivity contribution is 6.36. The van der Waals surface area contributed by atoms with Crippen molar-refractivity contribution in [1.82, 2.24) is 14.8 Å². The van der Waals surface area contributed by atoms with Crippen molar-refractivity contribution in [1.29, 1.82) is 0 Å². The quantitative estimate of drug-likeness (QED) is 0.634. The summed E-state index contributed by atoms with van der Waals surface area (Å²) in [5.74, 6) is -0.174. The van der Waals surface area contributed by atoms with Crippen LogP contribution >= 0.6 is 11.6 Å². The number of anilines is 2. The monoisotopic (exact) mass is 434 g/mol. The maximum Gasteiger partial charge on any atom is 0.246 e. The third kappa shape index (κ3) is 2.93. The van der Waals surface area contributed by atoms with Crippen LogP contribution in [0.15, 0.2) is 49.1 Å². The van der Waals surface area contributed by atoms with Crippen molar-refractivity contribution in [3.8, 4) is 11.1 Å². The molecule has 6 nitrogen and oxygen atoms in total. The van der Waals surface area contributed by atoms with Gasteiger partial charge in [-0.25, -0.2) is 0 Å². The number of rotatable bonds is 4. The van der Waals surface area contributed by atoms with Gasteiger partial charge in [0, 0.05) is 48.0 Å². The van der Waals surface area contributed by atoms with E-state index in [-0.39, 0.29) is 24.4 Å². The lowest BCUT2D eigenvalue weighted by molar-refractivity contribution is -0.133. The van der Waals surface area contributed by atoms with Crippen molar-refractivity contribution < 1.29 is 9.59 Å². The third-order valence-electron chi connectivity index (χ3n) is 6.32. The molecule has 0 saturated carbocycles. The van der Waals surface area contributed by atoms with E-state index in [4.69, 9.17) is 11.6 Å². The summed E-state index contributed by atoms with van der Waals surface area (Å²) in [5, 5.41) is 4.80. The first kappa shape index (κ1) is 19.7. The van der Waals surface area contributed by atoms with Crippen molar-refractivity contribution in [3.63, 3.8) is 0 Å². The molecule has 31 heavy (non-hydrogen) atoms. The first-order valence-corrected chi connectivity index (χ1v) is 10.6. The predicted molar refractivity (Wildman–Crippen MR) is 124 cm³/mol. The van der Waals surface area contributed by atoms with E-state index < -0.39 is 0 Å². The minimum atomic E-state index is -0.104. The van der Waals surface area contributed by atoms with Crippen LogP contribution in [0, 0.1) is 6.92 Å². The minimum Gasteiger partial charge on any atom is -0.348 e. The lowest BCUT2D eigenvalue weighted by atomic mass is 9.94. The van der Waals surface area contributed by atoms with E-state index in [0.717, 1.165) is 39.1 Å². The molecule has 2 aliphatic rings. The number of nitrogens with one attached hydrogen (secondary N) is 1. The fourth-order valence-electron chi connectivity index (χ4n) is 4.78. The average molecular weight is 435 g/mol. The van der Waals surface area contributed by atoms with Crippen molar-refractivity contribution in [2.24, 2.45) is 0 Å². The number of hydrogen-bond donors (Lipinski definition) is 1. The maximum atomic E-state index is 12.8. The number of para-hydroxylation sites is 1. The zero-order chi connectivity index (χ0) is 21.9. The predicted octanol–water partition coefficient (Wildman–Crippen LogP) is 3.86. The molecule has 1 N–H and O–H groups in total. The van der Waals surface area contributed by atoms with Crippen LogP contribution in [0.2, 0.25) is 5.02 Å². The van der Waals surface area contributed by atoms with E-state index in [1.165, 1.54) is 6.08 Å². The second-order valence-electron chi connectivity index (χ2n) is 8.12. The Morgan fingerprint density at radius 2 is 1.97 bits per heavy atom. The summed E-state index contributed by atoms with van der Waals surface area (Å²) in [7, 11) is 2.02. The number of amides is 2. The van der Waals surface area contributed by atoms with Crippen molar-refractivity contribution in [2.45, 2.75) is 19.5 Å². The molecular formula is C24H23ClN4O2. The highest BCUT2D eigenvalue weighted by Crippen LogP contribution is 2.51. The number of aromatic nitrogens is 1.